The van der Waals surface area contributed by atoms with Crippen molar-refractivity contribution in [3.63, 3.8) is 0 Å². The van der Waals surface area contributed by atoms with Crippen LogP contribution in [0.5, 0.6) is 11.5 Å². The summed E-state index contributed by atoms with van der Waals surface area (Å²) in [5, 5.41) is 2.46. The average molecular weight is 317 g/mol. The molecule has 0 atom stereocenters. The fourth-order valence-electron chi connectivity index (χ4n) is 1.85. The SMILES string of the molecule is COc1ccccc1OCC(=O)NCC(=O)c1ccc(F)cc1. The summed E-state index contributed by atoms with van der Waals surface area (Å²) in [4.78, 5) is 23.6. The summed E-state index contributed by atoms with van der Waals surface area (Å²) in [6.45, 7) is -0.420. The molecule has 2 rings (SSSR count). The van der Waals surface area contributed by atoms with E-state index in [1.54, 1.807) is 24.3 Å². The van der Waals surface area contributed by atoms with Gasteiger partial charge in [-0.1, -0.05) is 12.1 Å². The number of Topliss-reactive ketones (excluding diaryl/α,β-unsaturated/α-hetero) is 1. The van der Waals surface area contributed by atoms with E-state index in [2.05, 4.69) is 5.32 Å². The van der Waals surface area contributed by atoms with Crippen LogP contribution in [0.25, 0.3) is 0 Å². The Balaban J connectivity index is 1.81. The number of para-hydroxylation sites is 2. The van der Waals surface area contributed by atoms with Gasteiger partial charge in [0, 0.05) is 5.56 Å². The maximum atomic E-state index is 12.8. The number of methoxy groups -OCH3 is 1. The molecule has 0 saturated carbocycles. The van der Waals surface area contributed by atoms with E-state index in [4.69, 9.17) is 9.47 Å². The van der Waals surface area contributed by atoms with Crippen molar-refractivity contribution in [2.75, 3.05) is 20.3 Å². The lowest BCUT2D eigenvalue weighted by molar-refractivity contribution is -0.122. The van der Waals surface area contributed by atoms with Crippen LogP contribution in [0.1, 0.15) is 10.4 Å². The standard InChI is InChI=1S/C17H16FNO4/c1-22-15-4-2-3-5-16(15)23-11-17(21)19-10-14(20)12-6-8-13(18)9-7-12/h2-9H,10-11H2,1H3,(H,19,21). The highest BCUT2D eigenvalue weighted by molar-refractivity contribution is 5.99. The lowest BCUT2D eigenvalue weighted by atomic mass is 10.1. The molecule has 0 aliphatic rings. The van der Waals surface area contributed by atoms with Gasteiger partial charge in [-0.05, 0) is 36.4 Å². The molecule has 0 unspecified atom stereocenters. The van der Waals surface area contributed by atoms with Gasteiger partial charge in [0.1, 0.15) is 5.82 Å². The third-order valence-electron chi connectivity index (χ3n) is 3.04. The third-order valence-corrected chi connectivity index (χ3v) is 3.04. The maximum absolute atomic E-state index is 12.8. The number of nitrogens with one attached hydrogen (secondary N) is 1. The quantitative estimate of drug-likeness (QED) is 0.795. The molecule has 2 aromatic carbocycles. The predicted octanol–water partition coefficient (Wildman–Crippen LogP) is 2.21. The zero-order chi connectivity index (χ0) is 16.7. The van der Waals surface area contributed by atoms with Gasteiger partial charge in [0.25, 0.3) is 5.91 Å². The average Bonchev–Trinajstić information content (AvgIpc) is 2.58. The normalized spacial score (nSPS) is 10.0. The molecule has 0 fully saturated rings. The lowest BCUT2D eigenvalue weighted by Crippen LogP contribution is -2.33. The number of hydrogen-bond acceptors (Lipinski definition) is 4. The summed E-state index contributed by atoms with van der Waals surface area (Å²) in [6, 6.07) is 12.1. The summed E-state index contributed by atoms with van der Waals surface area (Å²) in [6.07, 6.45) is 0. The Morgan fingerprint density at radius 3 is 2.35 bits per heavy atom. The Hall–Kier alpha value is -2.89. The number of halogens is 1. The molecule has 0 bridgehead atoms. The number of benzene rings is 2. The van der Waals surface area contributed by atoms with Crippen LogP contribution in [-0.2, 0) is 4.79 Å². The van der Waals surface area contributed by atoms with Gasteiger partial charge in [-0.25, -0.2) is 4.39 Å². The van der Waals surface area contributed by atoms with Crippen LogP contribution in [0.4, 0.5) is 4.39 Å². The van der Waals surface area contributed by atoms with Gasteiger partial charge in [-0.2, -0.15) is 0 Å². The first-order valence-corrected chi connectivity index (χ1v) is 6.91. The highest BCUT2D eigenvalue weighted by Crippen LogP contribution is 2.25. The number of amides is 1. The molecule has 120 valence electrons. The second-order valence-electron chi connectivity index (χ2n) is 4.65. The van der Waals surface area contributed by atoms with E-state index in [-0.39, 0.29) is 18.9 Å². The highest BCUT2D eigenvalue weighted by Gasteiger charge is 2.10. The molecule has 0 radical (unpaired) electrons. The summed E-state index contributed by atoms with van der Waals surface area (Å²) >= 11 is 0. The molecular weight excluding hydrogens is 301 g/mol. The molecule has 0 aliphatic carbocycles. The fraction of sp³-hybridized carbons (Fsp3) is 0.176. The molecule has 0 aromatic heterocycles. The molecule has 5 nitrogen and oxygen atoms in total. The third kappa shape index (κ3) is 4.81. The zero-order valence-electron chi connectivity index (χ0n) is 12.5. The molecular formula is C17H16FNO4. The Bertz CT molecular complexity index is 685. The minimum atomic E-state index is -0.439. The van der Waals surface area contributed by atoms with Gasteiger partial charge in [-0.15, -0.1) is 0 Å². The fourth-order valence-corrected chi connectivity index (χ4v) is 1.85. The minimum absolute atomic E-state index is 0.181. The Kier molecular flexibility index (Phi) is 5.68. The van der Waals surface area contributed by atoms with Crippen molar-refractivity contribution in [1.82, 2.24) is 5.32 Å². The largest absolute Gasteiger partial charge is 0.493 e. The Morgan fingerprint density at radius 2 is 1.70 bits per heavy atom. The molecule has 0 spiro atoms. The predicted molar refractivity (Wildman–Crippen MR) is 82.2 cm³/mol. The van der Waals surface area contributed by atoms with E-state index in [9.17, 15) is 14.0 Å². The number of carbonyl (C=O) groups is 2. The van der Waals surface area contributed by atoms with Crippen LogP contribution in [0.15, 0.2) is 48.5 Å². The first kappa shape index (κ1) is 16.5. The van der Waals surface area contributed by atoms with Crippen molar-refractivity contribution in [1.29, 1.82) is 0 Å². The molecule has 0 aliphatic heterocycles. The number of hydrogen-bond donors (Lipinski definition) is 1. The molecule has 2 aromatic rings. The van der Waals surface area contributed by atoms with Crippen LogP contribution >= 0.6 is 0 Å². The number of rotatable bonds is 7. The van der Waals surface area contributed by atoms with Gasteiger partial charge >= 0.3 is 0 Å². The van der Waals surface area contributed by atoms with E-state index in [0.717, 1.165) is 0 Å². The minimum Gasteiger partial charge on any atom is -0.493 e. The van der Waals surface area contributed by atoms with Crippen LogP contribution in [0.3, 0.4) is 0 Å². The van der Waals surface area contributed by atoms with Crippen molar-refractivity contribution in [2.45, 2.75) is 0 Å². The summed E-state index contributed by atoms with van der Waals surface area (Å²) in [5.74, 6) is -0.212. The van der Waals surface area contributed by atoms with Crippen molar-refractivity contribution >= 4 is 11.7 Å². The number of ketones is 1. The van der Waals surface area contributed by atoms with Gasteiger partial charge in [0.05, 0.1) is 13.7 Å². The maximum Gasteiger partial charge on any atom is 0.258 e. The van der Waals surface area contributed by atoms with E-state index in [1.807, 2.05) is 0 Å². The number of ether oxygens (including phenoxy) is 2. The van der Waals surface area contributed by atoms with Gasteiger partial charge in [0.15, 0.2) is 23.9 Å². The summed E-state index contributed by atoms with van der Waals surface area (Å²) in [7, 11) is 1.50. The van der Waals surface area contributed by atoms with Crippen LogP contribution in [-0.4, -0.2) is 32.0 Å². The molecule has 1 amide bonds. The molecule has 0 heterocycles. The molecule has 6 heteroatoms. The van der Waals surface area contributed by atoms with Crippen LogP contribution in [0.2, 0.25) is 0 Å². The first-order chi connectivity index (χ1) is 11.1. The zero-order valence-corrected chi connectivity index (χ0v) is 12.5. The molecule has 0 saturated heterocycles. The Morgan fingerprint density at radius 1 is 1.04 bits per heavy atom. The topological polar surface area (TPSA) is 64.6 Å². The van der Waals surface area contributed by atoms with Crippen molar-refractivity contribution in [3.8, 4) is 11.5 Å². The smallest absolute Gasteiger partial charge is 0.258 e. The van der Waals surface area contributed by atoms with Crippen molar-refractivity contribution in [2.24, 2.45) is 0 Å². The van der Waals surface area contributed by atoms with E-state index < -0.39 is 11.7 Å². The van der Waals surface area contributed by atoms with Crippen LogP contribution in [0, 0.1) is 5.82 Å². The number of carbonyl (C=O) groups excluding carboxylic acids is 2. The lowest BCUT2D eigenvalue weighted by Gasteiger charge is -2.10. The molecule has 1 N–H and O–H groups in total. The first-order valence-electron chi connectivity index (χ1n) is 6.91. The van der Waals surface area contributed by atoms with Crippen molar-refractivity contribution < 1.29 is 23.5 Å². The summed E-state index contributed by atoms with van der Waals surface area (Å²) in [5.41, 5.74) is 0.331. The monoisotopic (exact) mass is 317 g/mol. The Labute approximate surface area is 133 Å². The van der Waals surface area contributed by atoms with Crippen LogP contribution < -0.4 is 14.8 Å². The van der Waals surface area contributed by atoms with Gasteiger partial charge < -0.3 is 14.8 Å². The summed E-state index contributed by atoms with van der Waals surface area (Å²) < 4.78 is 23.2. The van der Waals surface area contributed by atoms with Crippen molar-refractivity contribution in [3.05, 3.63) is 59.9 Å². The van der Waals surface area contributed by atoms with E-state index >= 15 is 0 Å². The van der Waals surface area contributed by atoms with Gasteiger partial charge in [0.2, 0.25) is 0 Å². The van der Waals surface area contributed by atoms with E-state index in [1.165, 1.54) is 31.4 Å². The van der Waals surface area contributed by atoms with Gasteiger partial charge in [-0.3, -0.25) is 9.59 Å². The van der Waals surface area contributed by atoms with E-state index in [0.29, 0.717) is 17.1 Å². The second kappa shape index (κ2) is 7.93. The highest BCUT2D eigenvalue weighted by atomic mass is 19.1. The second-order valence-corrected chi connectivity index (χ2v) is 4.65. The molecule has 23 heavy (non-hydrogen) atoms.